The summed E-state index contributed by atoms with van der Waals surface area (Å²) in [4.78, 5) is 11.7. The second-order valence-corrected chi connectivity index (χ2v) is 6.06. The largest absolute Gasteiger partial charge is 0.483 e. The first-order valence-electron chi connectivity index (χ1n) is 7.77. The van der Waals surface area contributed by atoms with Crippen LogP contribution in [0.15, 0.2) is 12.1 Å². The molecule has 1 fully saturated rings. The normalized spacial score (nSPS) is 15.6. The van der Waals surface area contributed by atoms with E-state index in [4.69, 9.17) is 10.5 Å². The molecular weight excluding hydrogens is 264 g/mol. The number of rotatable bonds is 7. The Hall–Kier alpha value is -1.55. The van der Waals surface area contributed by atoms with Gasteiger partial charge >= 0.3 is 0 Å². The van der Waals surface area contributed by atoms with Gasteiger partial charge < -0.3 is 15.8 Å². The zero-order valence-corrected chi connectivity index (χ0v) is 13.2. The molecule has 1 amide bonds. The smallest absolute Gasteiger partial charge is 0.258 e. The minimum absolute atomic E-state index is 0.0339. The molecule has 1 saturated carbocycles. The van der Waals surface area contributed by atoms with Crippen LogP contribution in [0.4, 0.5) is 0 Å². The van der Waals surface area contributed by atoms with E-state index in [1.54, 1.807) is 0 Å². The van der Waals surface area contributed by atoms with E-state index in [1.807, 2.05) is 13.8 Å². The van der Waals surface area contributed by atoms with Gasteiger partial charge in [0.25, 0.3) is 5.91 Å². The Labute approximate surface area is 127 Å². The summed E-state index contributed by atoms with van der Waals surface area (Å²) in [6, 6.07) is 4.79. The van der Waals surface area contributed by atoms with E-state index in [1.165, 1.54) is 5.56 Å². The summed E-state index contributed by atoms with van der Waals surface area (Å²) < 4.78 is 5.70. The number of aryl methyl sites for hydroxylation is 2. The maximum Gasteiger partial charge on any atom is 0.258 e. The number of carbonyl (C=O) groups excluding carboxylic acids is 1. The van der Waals surface area contributed by atoms with Crippen LogP contribution < -0.4 is 15.8 Å². The van der Waals surface area contributed by atoms with Crippen molar-refractivity contribution < 1.29 is 9.53 Å². The van der Waals surface area contributed by atoms with Gasteiger partial charge in [-0.15, -0.1) is 0 Å². The maximum absolute atomic E-state index is 11.7. The van der Waals surface area contributed by atoms with Gasteiger partial charge in [-0.05, 0) is 56.2 Å². The van der Waals surface area contributed by atoms with Crippen molar-refractivity contribution in [2.75, 3.05) is 6.61 Å². The second-order valence-electron chi connectivity index (χ2n) is 6.06. The maximum atomic E-state index is 11.7. The molecule has 0 radical (unpaired) electrons. The first kappa shape index (κ1) is 15.8. The molecule has 0 aromatic heterocycles. The summed E-state index contributed by atoms with van der Waals surface area (Å²) >= 11 is 0. The van der Waals surface area contributed by atoms with Gasteiger partial charge in [-0.1, -0.05) is 19.1 Å². The van der Waals surface area contributed by atoms with Crippen molar-refractivity contribution >= 4 is 5.91 Å². The van der Waals surface area contributed by atoms with Crippen molar-refractivity contribution in [3.63, 3.8) is 0 Å². The molecule has 0 spiro atoms. The molecule has 3 N–H and O–H groups in total. The molecule has 0 heterocycles. The highest BCUT2D eigenvalue weighted by Crippen LogP contribution is 2.25. The van der Waals surface area contributed by atoms with Crippen LogP contribution in [0.1, 0.15) is 42.9 Å². The minimum Gasteiger partial charge on any atom is -0.483 e. The van der Waals surface area contributed by atoms with Crippen LogP contribution in [-0.4, -0.2) is 24.6 Å². The lowest BCUT2D eigenvalue weighted by atomic mass is 9.99. The van der Waals surface area contributed by atoms with Crippen LogP contribution in [-0.2, 0) is 11.2 Å². The molecule has 4 heteroatoms. The third-order valence-corrected chi connectivity index (χ3v) is 3.83. The van der Waals surface area contributed by atoms with Gasteiger partial charge in [-0.2, -0.15) is 0 Å². The molecule has 1 aromatic carbocycles. The predicted molar refractivity (Wildman–Crippen MR) is 84.5 cm³/mol. The number of ether oxygens (including phenoxy) is 1. The number of hydrogen-bond acceptors (Lipinski definition) is 3. The van der Waals surface area contributed by atoms with E-state index < -0.39 is 0 Å². The van der Waals surface area contributed by atoms with Gasteiger partial charge in [0.2, 0.25) is 0 Å². The molecule has 1 aliphatic carbocycles. The summed E-state index contributed by atoms with van der Waals surface area (Å²) in [5.74, 6) is 0.781. The molecule has 1 atom stereocenters. The number of nitrogens with one attached hydrogen (secondary N) is 1. The molecule has 1 unspecified atom stereocenters. The third-order valence-electron chi connectivity index (χ3n) is 3.83. The first-order chi connectivity index (χ1) is 9.99. The highest BCUT2D eigenvalue weighted by atomic mass is 16.5. The van der Waals surface area contributed by atoms with E-state index in [-0.39, 0.29) is 18.6 Å². The fourth-order valence-electron chi connectivity index (χ4n) is 2.47. The van der Waals surface area contributed by atoms with Crippen molar-refractivity contribution in [2.45, 2.75) is 58.5 Å². The van der Waals surface area contributed by atoms with Crippen molar-refractivity contribution in [2.24, 2.45) is 5.73 Å². The monoisotopic (exact) mass is 290 g/mol. The van der Waals surface area contributed by atoms with E-state index in [0.717, 1.165) is 42.6 Å². The molecule has 116 valence electrons. The van der Waals surface area contributed by atoms with Gasteiger partial charge in [0.15, 0.2) is 6.61 Å². The molecule has 4 nitrogen and oxygen atoms in total. The van der Waals surface area contributed by atoms with Gasteiger partial charge in [-0.25, -0.2) is 0 Å². The van der Waals surface area contributed by atoms with Crippen molar-refractivity contribution in [3.8, 4) is 5.75 Å². The minimum atomic E-state index is -0.0339. The molecule has 1 aliphatic rings. The topological polar surface area (TPSA) is 64.3 Å². The quantitative estimate of drug-likeness (QED) is 0.809. The highest BCUT2D eigenvalue weighted by Gasteiger charge is 2.23. The van der Waals surface area contributed by atoms with Crippen molar-refractivity contribution in [3.05, 3.63) is 28.8 Å². The molecule has 21 heavy (non-hydrogen) atoms. The first-order valence-corrected chi connectivity index (χ1v) is 7.77. The van der Waals surface area contributed by atoms with Crippen LogP contribution in [0.5, 0.6) is 5.75 Å². The highest BCUT2D eigenvalue weighted by molar-refractivity contribution is 5.78. The van der Waals surface area contributed by atoms with Gasteiger partial charge in [-0.3, -0.25) is 4.79 Å². The number of carbonyl (C=O) groups is 1. The lowest BCUT2D eigenvalue weighted by Gasteiger charge is -2.15. The molecule has 2 rings (SSSR count). The SMILES string of the molecule is CCC(N)Cc1cc(C)c(OCC(=O)NC2CC2)c(C)c1. The molecule has 1 aromatic rings. The zero-order valence-electron chi connectivity index (χ0n) is 13.2. The zero-order chi connectivity index (χ0) is 15.4. The average molecular weight is 290 g/mol. The summed E-state index contributed by atoms with van der Waals surface area (Å²) in [5, 5.41) is 2.93. The van der Waals surface area contributed by atoms with E-state index in [0.29, 0.717) is 6.04 Å². The van der Waals surface area contributed by atoms with Crippen LogP contribution in [0.3, 0.4) is 0 Å². The summed E-state index contributed by atoms with van der Waals surface area (Å²) in [7, 11) is 0. The molecule has 0 aliphatic heterocycles. The van der Waals surface area contributed by atoms with Crippen LogP contribution in [0.2, 0.25) is 0 Å². The Kier molecular flexibility index (Phi) is 5.23. The van der Waals surface area contributed by atoms with Crippen LogP contribution in [0.25, 0.3) is 0 Å². The summed E-state index contributed by atoms with van der Waals surface area (Å²) in [5.41, 5.74) is 9.37. The summed E-state index contributed by atoms with van der Waals surface area (Å²) in [6.07, 6.45) is 4.03. The van der Waals surface area contributed by atoms with Gasteiger partial charge in [0, 0.05) is 12.1 Å². The average Bonchev–Trinajstić information content (AvgIpc) is 3.21. The molecule has 0 bridgehead atoms. The van der Waals surface area contributed by atoms with E-state index in [2.05, 4.69) is 24.4 Å². The predicted octanol–water partition coefficient (Wildman–Crippen LogP) is 2.24. The number of hydrogen-bond donors (Lipinski definition) is 2. The third kappa shape index (κ3) is 4.74. The van der Waals surface area contributed by atoms with Crippen LogP contribution in [0, 0.1) is 13.8 Å². The lowest BCUT2D eigenvalue weighted by molar-refractivity contribution is -0.123. The van der Waals surface area contributed by atoms with E-state index in [9.17, 15) is 4.79 Å². The van der Waals surface area contributed by atoms with Crippen molar-refractivity contribution in [1.82, 2.24) is 5.32 Å². The number of nitrogens with two attached hydrogens (primary N) is 1. The second kappa shape index (κ2) is 6.94. The number of amides is 1. The Morgan fingerprint density at radius 1 is 1.38 bits per heavy atom. The summed E-state index contributed by atoms with van der Waals surface area (Å²) in [6.45, 7) is 6.22. The Morgan fingerprint density at radius 3 is 2.52 bits per heavy atom. The Bertz CT molecular complexity index is 487. The van der Waals surface area contributed by atoms with E-state index >= 15 is 0 Å². The Balaban J connectivity index is 1.97. The standard InChI is InChI=1S/C17H26N2O2/c1-4-14(18)9-13-7-11(2)17(12(3)8-13)21-10-16(20)19-15-5-6-15/h7-8,14-15H,4-6,9-10,18H2,1-3H3,(H,19,20). The molecule has 0 saturated heterocycles. The number of benzene rings is 1. The molecular formula is C17H26N2O2. The van der Waals surface area contributed by atoms with Gasteiger partial charge in [0.1, 0.15) is 5.75 Å². The lowest BCUT2D eigenvalue weighted by Crippen LogP contribution is -2.30. The van der Waals surface area contributed by atoms with Gasteiger partial charge in [0.05, 0.1) is 0 Å². The van der Waals surface area contributed by atoms with Crippen LogP contribution >= 0.6 is 0 Å². The fourth-order valence-corrected chi connectivity index (χ4v) is 2.47. The Morgan fingerprint density at radius 2 is 2.00 bits per heavy atom. The fraction of sp³-hybridized carbons (Fsp3) is 0.588. The van der Waals surface area contributed by atoms with Crippen molar-refractivity contribution in [1.29, 1.82) is 0 Å².